The first-order valence-electron chi connectivity index (χ1n) is 5.21. The van der Waals surface area contributed by atoms with Gasteiger partial charge in [-0.25, -0.2) is 0 Å². The minimum atomic E-state index is -1.52. The molecule has 0 aliphatic carbocycles. The Balaban J connectivity index is 3.37. The number of hydrogen-bond acceptors (Lipinski definition) is 2. The van der Waals surface area contributed by atoms with Crippen molar-refractivity contribution in [1.29, 1.82) is 0 Å². The molecule has 0 heterocycles. The Labute approximate surface area is 99.7 Å². The second kappa shape index (κ2) is 4.47. The Kier molecular flexibility index (Phi) is 3.44. The van der Waals surface area contributed by atoms with E-state index in [2.05, 4.69) is 10.0 Å². The fourth-order valence-electron chi connectivity index (χ4n) is 1.66. The zero-order chi connectivity index (χ0) is 13.1. The maximum atomic E-state index is 11.4. The molecule has 0 saturated heterocycles. The number of carbonyl (C=O) groups is 1. The lowest BCUT2D eigenvalue weighted by Crippen LogP contribution is -2.49. The quantitative estimate of drug-likeness (QED) is 0.492. The molecule has 1 rings (SSSR count). The van der Waals surface area contributed by atoms with Gasteiger partial charge in [-0.1, -0.05) is 49.3 Å². The van der Waals surface area contributed by atoms with E-state index in [1.54, 1.807) is 13.8 Å². The third-order valence-electron chi connectivity index (χ3n) is 3.37. The zero-order valence-corrected chi connectivity index (χ0v) is 10.1. The number of nitrogens with zero attached hydrogens (tertiary/aromatic N) is 3. The van der Waals surface area contributed by atoms with Crippen molar-refractivity contribution in [2.75, 3.05) is 0 Å². The smallest absolute Gasteiger partial charge is 0.316 e. The molecule has 5 nitrogen and oxygen atoms in total. The van der Waals surface area contributed by atoms with Crippen molar-refractivity contribution >= 4 is 5.97 Å². The molecule has 0 spiro atoms. The molecule has 17 heavy (non-hydrogen) atoms. The summed E-state index contributed by atoms with van der Waals surface area (Å²) in [6.45, 7) is 4.94. The van der Waals surface area contributed by atoms with Crippen LogP contribution in [0.4, 0.5) is 0 Å². The summed E-state index contributed by atoms with van der Waals surface area (Å²) in [5.74, 6) is -1.14. The van der Waals surface area contributed by atoms with E-state index in [1.165, 1.54) is 6.92 Å². The molecule has 0 saturated carbocycles. The molecule has 1 atom stereocenters. The molecule has 5 heteroatoms. The molecule has 0 aromatic heterocycles. The molecule has 1 N–H and O–H groups in total. The van der Waals surface area contributed by atoms with E-state index in [0.29, 0.717) is 0 Å². The molecular formula is C12H15N3O2. The highest BCUT2D eigenvalue weighted by molar-refractivity contribution is 5.81. The van der Waals surface area contributed by atoms with E-state index in [1.807, 2.05) is 30.3 Å². The van der Waals surface area contributed by atoms with E-state index >= 15 is 0 Å². The highest BCUT2D eigenvalue weighted by atomic mass is 16.4. The highest BCUT2D eigenvalue weighted by Gasteiger charge is 2.48. The third-order valence-corrected chi connectivity index (χ3v) is 3.37. The van der Waals surface area contributed by atoms with E-state index in [0.717, 1.165) is 5.56 Å². The minimum Gasteiger partial charge on any atom is -0.481 e. The molecule has 90 valence electrons. The number of benzene rings is 1. The van der Waals surface area contributed by atoms with Crippen LogP contribution in [0.5, 0.6) is 0 Å². The fraction of sp³-hybridized carbons (Fsp3) is 0.417. The van der Waals surface area contributed by atoms with Crippen molar-refractivity contribution in [3.8, 4) is 0 Å². The number of hydrogen-bond donors (Lipinski definition) is 1. The predicted molar refractivity (Wildman–Crippen MR) is 64.7 cm³/mol. The van der Waals surface area contributed by atoms with Crippen LogP contribution in [0.15, 0.2) is 35.4 Å². The summed E-state index contributed by atoms with van der Waals surface area (Å²) >= 11 is 0. The van der Waals surface area contributed by atoms with Gasteiger partial charge in [0.1, 0.15) is 0 Å². The Morgan fingerprint density at radius 3 is 2.24 bits per heavy atom. The lowest BCUT2D eigenvalue weighted by atomic mass is 9.69. The number of aliphatic carboxylic acids is 1. The van der Waals surface area contributed by atoms with Gasteiger partial charge in [-0.2, -0.15) is 0 Å². The first kappa shape index (κ1) is 13.1. The maximum absolute atomic E-state index is 11.4. The Hall–Kier alpha value is -2.00. The summed E-state index contributed by atoms with van der Waals surface area (Å²) in [5, 5.41) is 12.8. The van der Waals surface area contributed by atoms with Crippen LogP contribution in [-0.2, 0) is 10.2 Å². The monoisotopic (exact) mass is 233 g/mol. The minimum absolute atomic E-state index is 0.799. The van der Waals surface area contributed by atoms with Gasteiger partial charge < -0.3 is 5.11 Å². The molecule has 0 bridgehead atoms. The molecule has 0 radical (unpaired) electrons. The number of azide groups is 1. The summed E-state index contributed by atoms with van der Waals surface area (Å²) in [7, 11) is 0. The molecule has 1 aromatic carbocycles. The zero-order valence-electron chi connectivity index (χ0n) is 10.1. The summed E-state index contributed by atoms with van der Waals surface area (Å²) in [6, 6.07) is 9.16. The van der Waals surface area contributed by atoms with Crippen LogP contribution < -0.4 is 0 Å². The van der Waals surface area contributed by atoms with E-state index in [-0.39, 0.29) is 0 Å². The molecule has 1 unspecified atom stereocenters. The lowest BCUT2D eigenvalue weighted by Gasteiger charge is -2.37. The van der Waals surface area contributed by atoms with Crippen LogP contribution in [0.2, 0.25) is 0 Å². The van der Waals surface area contributed by atoms with Crippen LogP contribution in [0.25, 0.3) is 10.4 Å². The summed E-state index contributed by atoms with van der Waals surface area (Å²) in [5.41, 5.74) is 7.05. The third kappa shape index (κ3) is 2.10. The summed E-state index contributed by atoms with van der Waals surface area (Å²) in [4.78, 5) is 14.0. The van der Waals surface area contributed by atoms with Gasteiger partial charge in [0.25, 0.3) is 0 Å². The predicted octanol–water partition coefficient (Wildman–Crippen LogP) is 3.12. The normalized spacial score (nSPS) is 14.5. The molecule has 0 aliphatic rings. The number of carboxylic acids is 1. The van der Waals surface area contributed by atoms with E-state index < -0.39 is 16.9 Å². The van der Waals surface area contributed by atoms with E-state index in [9.17, 15) is 9.90 Å². The molecule has 0 aliphatic heterocycles. The highest BCUT2D eigenvalue weighted by Crippen LogP contribution is 2.38. The van der Waals surface area contributed by atoms with Gasteiger partial charge in [-0.3, -0.25) is 4.79 Å². The number of carboxylic acid groups (broad SMARTS) is 1. The summed E-state index contributed by atoms with van der Waals surface area (Å²) < 4.78 is 0. The van der Waals surface area contributed by atoms with Gasteiger partial charge >= 0.3 is 5.97 Å². The van der Waals surface area contributed by atoms with Crippen molar-refractivity contribution in [3.63, 3.8) is 0 Å². The van der Waals surface area contributed by atoms with Crippen molar-refractivity contribution in [3.05, 3.63) is 46.3 Å². The lowest BCUT2D eigenvalue weighted by molar-refractivity contribution is -0.145. The van der Waals surface area contributed by atoms with Crippen molar-refractivity contribution < 1.29 is 9.90 Å². The Morgan fingerprint density at radius 1 is 1.29 bits per heavy atom. The standard InChI is InChI=1S/C12H15N3O2/c1-11(2,9-7-5-4-6-8-9)12(3,10(16)17)14-15-13/h4-8H,1-3H3,(H,16,17). The van der Waals surface area contributed by atoms with Crippen LogP contribution in [-0.4, -0.2) is 16.6 Å². The van der Waals surface area contributed by atoms with E-state index in [4.69, 9.17) is 5.53 Å². The van der Waals surface area contributed by atoms with Crippen LogP contribution in [0.3, 0.4) is 0 Å². The average molecular weight is 233 g/mol. The van der Waals surface area contributed by atoms with Crippen LogP contribution >= 0.6 is 0 Å². The van der Waals surface area contributed by atoms with Gasteiger partial charge in [-0.05, 0) is 18.0 Å². The van der Waals surface area contributed by atoms with Crippen molar-refractivity contribution in [1.82, 2.24) is 0 Å². The van der Waals surface area contributed by atoms with Crippen molar-refractivity contribution in [2.45, 2.75) is 31.7 Å². The van der Waals surface area contributed by atoms with Gasteiger partial charge in [0.15, 0.2) is 5.54 Å². The van der Waals surface area contributed by atoms with Gasteiger partial charge in [0, 0.05) is 10.3 Å². The van der Waals surface area contributed by atoms with Gasteiger partial charge in [-0.15, -0.1) is 0 Å². The van der Waals surface area contributed by atoms with Gasteiger partial charge in [0.05, 0.1) is 0 Å². The van der Waals surface area contributed by atoms with Crippen molar-refractivity contribution in [2.24, 2.45) is 5.11 Å². The molecular weight excluding hydrogens is 218 g/mol. The largest absolute Gasteiger partial charge is 0.481 e. The molecule has 0 amide bonds. The summed E-state index contributed by atoms with van der Waals surface area (Å²) in [6.07, 6.45) is 0. The molecule has 1 aromatic rings. The van der Waals surface area contributed by atoms with Crippen LogP contribution in [0.1, 0.15) is 26.3 Å². The first-order valence-corrected chi connectivity index (χ1v) is 5.21. The molecule has 0 fully saturated rings. The topological polar surface area (TPSA) is 86.1 Å². The number of rotatable bonds is 4. The van der Waals surface area contributed by atoms with Gasteiger partial charge in [0.2, 0.25) is 0 Å². The Bertz CT molecular complexity index is 460. The maximum Gasteiger partial charge on any atom is 0.316 e. The Morgan fingerprint density at radius 2 is 1.82 bits per heavy atom. The second-order valence-corrected chi connectivity index (χ2v) is 4.56. The first-order chi connectivity index (χ1) is 7.86. The fourth-order valence-corrected chi connectivity index (χ4v) is 1.66. The second-order valence-electron chi connectivity index (χ2n) is 4.56. The SMILES string of the molecule is CC(N=[N+]=[N-])(C(=O)O)C(C)(C)c1ccccc1. The van der Waals surface area contributed by atoms with Crippen LogP contribution in [0, 0.1) is 0 Å². The average Bonchev–Trinajstić information content (AvgIpc) is 2.30.